The Morgan fingerprint density at radius 1 is 1.39 bits per heavy atom. The molecule has 2 aromatic rings. The average Bonchev–Trinajstić information content (AvgIpc) is 3.02. The molecule has 0 saturated carbocycles. The first-order valence-corrected chi connectivity index (χ1v) is 7.97. The molecule has 0 radical (unpaired) electrons. The van der Waals surface area contributed by atoms with Crippen LogP contribution in [0.15, 0.2) is 42.9 Å². The fourth-order valence-corrected chi connectivity index (χ4v) is 2.84. The minimum atomic E-state index is 0.00891. The standard InChI is InChI=1S/C18H21N3O2/c1-14-3-2-4-15(11-14)5-6-18(22)21-10-7-16(13-21)23-17-12-19-8-9-20-17/h2-4,8-9,11-12,16H,5-7,10,13H2,1H3. The Morgan fingerprint density at radius 2 is 2.30 bits per heavy atom. The first-order chi connectivity index (χ1) is 11.2. The van der Waals surface area contributed by atoms with E-state index in [1.165, 1.54) is 11.1 Å². The summed E-state index contributed by atoms with van der Waals surface area (Å²) in [7, 11) is 0. The third-order valence-corrected chi connectivity index (χ3v) is 4.03. The highest BCUT2D eigenvalue weighted by Crippen LogP contribution is 2.17. The molecule has 1 unspecified atom stereocenters. The fraction of sp³-hybridized carbons (Fsp3) is 0.389. The van der Waals surface area contributed by atoms with Crippen LogP contribution >= 0.6 is 0 Å². The molecule has 0 N–H and O–H groups in total. The van der Waals surface area contributed by atoms with Gasteiger partial charge in [-0.1, -0.05) is 29.8 Å². The Hall–Kier alpha value is -2.43. The molecule has 1 atom stereocenters. The van der Waals surface area contributed by atoms with Gasteiger partial charge in [-0.2, -0.15) is 0 Å². The van der Waals surface area contributed by atoms with Crippen LogP contribution in [0.2, 0.25) is 0 Å². The highest BCUT2D eigenvalue weighted by molar-refractivity contribution is 5.76. The Kier molecular flexibility index (Phi) is 4.86. The van der Waals surface area contributed by atoms with Crippen LogP contribution in [0, 0.1) is 6.92 Å². The molecule has 1 aliphatic heterocycles. The van der Waals surface area contributed by atoms with Gasteiger partial charge in [0, 0.05) is 31.8 Å². The lowest BCUT2D eigenvalue weighted by Gasteiger charge is -2.17. The first kappa shape index (κ1) is 15.5. The van der Waals surface area contributed by atoms with Gasteiger partial charge in [0.05, 0.1) is 12.7 Å². The van der Waals surface area contributed by atoms with Gasteiger partial charge in [0.1, 0.15) is 6.10 Å². The number of hydrogen-bond acceptors (Lipinski definition) is 4. The molecule has 1 aliphatic rings. The molecule has 23 heavy (non-hydrogen) atoms. The summed E-state index contributed by atoms with van der Waals surface area (Å²) in [5, 5.41) is 0. The second-order valence-corrected chi connectivity index (χ2v) is 5.90. The quantitative estimate of drug-likeness (QED) is 0.851. The highest BCUT2D eigenvalue weighted by atomic mass is 16.5. The van der Waals surface area contributed by atoms with Gasteiger partial charge in [-0.15, -0.1) is 0 Å². The molecule has 120 valence electrons. The van der Waals surface area contributed by atoms with E-state index in [9.17, 15) is 4.79 Å². The molecule has 1 amide bonds. The van der Waals surface area contributed by atoms with Crippen molar-refractivity contribution in [2.24, 2.45) is 0 Å². The van der Waals surface area contributed by atoms with Gasteiger partial charge in [-0.25, -0.2) is 4.98 Å². The van der Waals surface area contributed by atoms with E-state index in [2.05, 4.69) is 35.1 Å². The Bertz CT molecular complexity index is 660. The van der Waals surface area contributed by atoms with E-state index >= 15 is 0 Å². The lowest BCUT2D eigenvalue weighted by atomic mass is 10.1. The molecule has 1 saturated heterocycles. The van der Waals surface area contributed by atoms with Crippen molar-refractivity contribution >= 4 is 5.91 Å². The second-order valence-electron chi connectivity index (χ2n) is 5.90. The summed E-state index contributed by atoms with van der Waals surface area (Å²) in [6, 6.07) is 8.32. The van der Waals surface area contributed by atoms with Crippen LogP contribution in [0.1, 0.15) is 24.0 Å². The van der Waals surface area contributed by atoms with Crippen molar-refractivity contribution in [1.82, 2.24) is 14.9 Å². The van der Waals surface area contributed by atoms with Crippen LogP contribution in [0.5, 0.6) is 5.88 Å². The number of ether oxygens (including phenoxy) is 1. The number of carbonyl (C=O) groups excluding carboxylic acids is 1. The van der Waals surface area contributed by atoms with Crippen LogP contribution in [-0.2, 0) is 11.2 Å². The van der Waals surface area contributed by atoms with E-state index in [1.54, 1.807) is 18.6 Å². The zero-order chi connectivity index (χ0) is 16.1. The predicted octanol–water partition coefficient (Wildman–Crippen LogP) is 2.40. The molecule has 5 heteroatoms. The maximum atomic E-state index is 12.3. The van der Waals surface area contributed by atoms with Crippen molar-refractivity contribution in [1.29, 1.82) is 0 Å². The third-order valence-electron chi connectivity index (χ3n) is 4.03. The number of nitrogens with zero attached hydrogens (tertiary/aromatic N) is 3. The van der Waals surface area contributed by atoms with Gasteiger partial charge < -0.3 is 9.64 Å². The number of amides is 1. The molecule has 2 heterocycles. The van der Waals surface area contributed by atoms with Crippen molar-refractivity contribution in [3.8, 4) is 5.88 Å². The van der Waals surface area contributed by atoms with E-state index in [4.69, 9.17) is 4.74 Å². The van der Waals surface area contributed by atoms with Crippen LogP contribution in [0.25, 0.3) is 0 Å². The second kappa shape index (κ2) is 7.22. The number of benzene rings is 1. The monoisotopic (exact) mass is 311 g/mol. The maximum Gasteiger partial charge on any atom is 0.232 e. The number of hydrogen-bond donors (Lipinski definition) is 0. The first-order valence-electron chi connectivity index (χ1n) is 7.97. The number of carbonyl (C=O) groups is 1. The summed E-state index contributed by atoms with van der Waals surface area (Å²) >= 11 is 0. The predicted molar refractivity (Wildman–Crippen MR) is 87.1 cm³/mol. The van der Waals surface area contributed by atoms with Crippen molar-refractivity contribution in [2.45, 2.75) is 32.3 Å². The average molecular weight is 311 g/mol. The topological polar surface area (TPSA) is 55.3 Å². The molecule has 0 spiro atoms. The van der Waals surface area contributed by atoms with Crippen molar-refractivity contribution in [3.63, 3.8) is 0 Å². The van der Waals surface area contributed by atoms with Crippen LogP contribution in [0.4, 0.5) is 0 Å². The summed E-state index contributed by atoms with van der Waals surface area (Å²) in [5.41, 5.74) is 2.44. The number of rotatable bonds is 5. The van der Waals surface area contributed by atoms with Crippen molar-refractivity contribution in [2.75, 3.05) is 13.1 Å². The minimum absolute atomic E-state index is 0.00891. The Balaban J connectivity index is 1.47. The van der Waals surface area contributed by atoms with Gasteiger partial charge in [0.2, 0.25) is 11.8 Å². The Labute approximate surface area is 136 Å². The van der Waals surface area contributed by atoms with Gasteiger partial charge in [0.15, 0.2) is 0 Å². The maximum absolute atomic E-state index is 12.3. The summed E-state index contributed by atoms with van der Waals surface area (Å²) in [4.78, 5) is 22.3. The van der Waals surface area contributed by atoms with Gasteiger partial charge in [-0.05, 0) is 18.9 Å². The number of aryl methyl sites for hydroxylation is 2. The molecule has 0 aliphatic carbocycles. The number of aromatic nitrogens is 2. The van der Waals surface area contributed by atoms with Crippen LogP contribution in [0.3, 0.4) is 0 Å². The zero-order valence-electron chi connectivity index (χ0n) is 13.3. The molecular weight excluding hydrogens is 290 g/mol. The number of likely N-dealkylation sites (tertiary alicyclic amines) is 1. The van der Waals surface area contributed by atoms with Gasteiger partial charge >= 0.3 is 0 Å². The van der Waals surface area contributed by atoms with E-state index < -0.39 is 0 Å². The smallest absolute Gasteiger partial charge is 0.232 e. The fourth-order valence-electron chi connectivity index (χ4n) is 2.84. The SMILES string of the molecule is Cc1cccc(CCC(=O)N2CCC(Oc3cnccn3)C2)c1. The summed E-state index contributed by atoms with van der Waals surface area (Å²) < 4.78 is 5.77. The molecule has 0 bridgehead atoms. The lowest BCUT2D eigenvalue weighted by Crippen LogP contribution is -2.31. The van der Waals surface area contributed by atoms with E-state index in [0.29, 0.717) is 18.8 Å². The Morgan fingerprint density at radius 3 is 3.09 bits per heavy atom. The molecular formula is C18H21N3O2. The van der Waals surface area contributed by atoms with Gasteiger partial charge in [0.25, 0.3) is 0 Å². The molecule has 1 aromatic carbocycles. The summed E-state index contributed by atoms with van der Waals surface area (Å²) in [6.45, 7) is 3.45. The zero-order valence-corrected chi connectivity index (χ0v) is 13.3. The van der Waals surface area contributed by atoms with Crippen LogP contribution in [-0.4, -0.2) is 40.0 Å². The van der Waals surface area contributed by atoms with E-state index in [1.807, 2.05) is 11.0 Å². The van der Waals surface area contributed by atoms with Crippen molar-refractivity contribution < 1.29 is 9.53 Å². The van der Waals surface area contributed by atoms with E-state index in [0.717, 1.165) is 19.4 Å². The molecule has 5 nitrogen and oxygen atoms in total. The summed E-state index contributed by atoms with van der Waals surface area (Å²) in [5.74, 6) is 0.711. The van der Waals surface area contributed by atoms with Crippen molar-refractivity contribution in [3.05, 3.63) is 54.0 Å². The molecule has 1 aromatic heterocycles. The molecule has 1 fully saturated rings. The van der Waals surface area contributed by atoms with E-state index in [-0.39, 0.29) is 12.0 Å². The summed E-state index contributed by atoms with van der Waals surface area (Å²) in [6.07, 6.45) is 7.00. The van der Waals surface area contributed by atoms with Gasteiger partial charge in [-0.3, -0.25) is 9.78 Å². The molecule has 3 rings (SSSR count). The largest absolute Gasteiger partial charge is 0.471 e. The third kappa shape index (κ3) is 4.28. The van der Waals surface area contributed by atoms with Crippen LogP contribution < -0.4 is 4.74 Å². The highest BCUT2D eigenvalue weighted by Gasteiger charge is 2.27. The lowest BCUT2D eigenvalue weighted by molar-refractivity contribution is -0.130. The normalized spacial score (nSPS) is 17.3. The minimum Gasteiger partial charge on any atom is -0.471 e.